The molecule has 0 saturated carbocycles. The molecule has 0 amide bonds. The second kappa shape index (κ2) is 7.74. The molecule has 0 aliphatic rings. The molecule has 0 unspecified atom stereocenters. The minimum Gasteiger partial charge on any atom is -0.468 e. The van der Waals surface area contributed by atoms with Gasteiger partial charge in [0.25, 0.3) is 0 Å². The fourth-order valence-electron chi connectivity index (χ4n) is 2.50. The smallest absolute Gasteiger partial charge is 0.226 e. The van der Waals surface area contributed by atoms with E-state index in [-0.39, 0.29) is 0 Å². The van der Waals surface area contributed by atoms with Crippen LogP contribution in [0.4, 0.5) is 0 Å². The van der Waals surface area contributed by atoms with Gasteiger partial charge in [0.2, 0.25) is 5.89 Å². The Labute approximate surface area is 135 Å². The molecule has 0 fully saturated rings. The SMILES string of the molecule is CCCc1nc(CN(Cc2ccccc2)Cc2ccco2)no1. The molecule has 2 aromatic heterocycles. The van der Waals surface area contributed by atoms with Crippen molar-refractivity contribution in [2.24, 2.45) is 0 Å². The Morgan fingerprint density at radius 2 is 1.87 bits per heavy atom. The molecule has 1 aromatic carbocycles. The van der Waals surface area contributed by atoms with Crippen LogP contribution >= 0.6 is 0 Å². The highest BCUT2D eigenvalue weighted by Crippen LogP contribution is 2.13. The molecule has 23 heavy (non-hydrogen) atoms. The molecule has 120 valence electrons. The van der Waals surface area contributed by atoms with Gasteiger partial charge < -0.3 is 8.94 Å². The average molecular weight is 311 g/mol. The van der Waals surface area contributed by atoms with Crippen molar-refractivity contribution in [3.63, 3.8) is 0 Å². The van der Waals surface area contributed by atoms with Crippen LogP contribution in [-0.4, -0.2) is 15.0 Å². The van der Waals surface area contributed by atoms with Gasteiger partial charge in [-0.3, -0.25) is 4.90 Å². The lowest BCUT2D eigenvalue weighted by Crippen LogP contribution is -2.22. The van der Waals surface area contributed by atoms with Gasteiger partial charge in [0.05, 0.1) is 19.4 Å². The Morgan fingerprint density at radius 1 is 1.00 bits per heavy atom. The zero-order chi connectivity index (χ0) is 15.9. The van der Waals surface area contributed by atoms with Crippen LogP contribution < -0.4 is 0 Å². The first-order valence-corrected chi connectivity index (χ1v) is 7.93. The molecule has 0 bridgehead atoms. The first-order chi connectivity index (χ1) is 11.3. The molecule has 2 heterocycles. The van der Waals surface area contributed by atoms with Gasteiger partial charge in [-0.05, 0) is 24.1 Å². The van der Waals surface area contributed by atoms with E-state index in [4.69, 9.17) is 8.94 Å². The molecular weight excluding hydrogens is 290 g/mol. The lowest BCUT2D eigenvalue weighted by molar-refractivity contribution is 0.218. The fraction of sp³-hybridized carbons (Fsp3) is 0.333. The van der Waals surface area contributed by atoms with Gasteiger partial charge >= 0.3 is 0 Å². The highest BCUT2D eigenvalue weighted by molar-refractivity contribution is 5.14. The van der Waals surface area contributed by atoms with E-state index < -0.39 is 0 Å². The van der Waals surface area contributed by atoms with Crippen LogP contribution in [-0.2, 0) is 26.1 Å². The maximum atomic E-state index is 5.48. The molecule has 5 nitrogen and oxygen atoms in total. The third-order valence-electron chi connectivity index (χ3n) is 3.55. The molecule has 5 heteroatoms. The summed E-state index contributed by atoms with van der Waals surface area (Å²) in [4.78, 5) is 6.71. The third kappa shape index (κ3) is 4.53. The quantitative estimate of drug-likeness (QED) is 0.633. The van der Waals surface area contributed by atoms with E-state index in [1.54, 1.807) is 6.26 Å². The Hall–Kier alpha value is -2.40. The maximum absolute atomic E-state index is 5.48. The highest BCUT2D eigenvalue weighted by Gasteiger charge is 2.14. The van der Waals surface area contributed by atoms with Gasteiger partial charge in [0.15, 0.2) is 5.82 Å². The molecule has 0 radical (unpaired) electrons. The van der Waals surface area contributed by atoms with E-state index in [0.29, 0.717) is 19.0 Å². The Balaban J connectivity index is 1.71. The van der Waals surface area contributed by atoms with Crippen LogP contribution in [0.25, 0.3) is 0 Å². The van der Waals surface area contributed by atoms with Crippen molar-refractivity contribution in [3.8, 4) is 0 Å². The van der Waals surface area contributed by atoms with Gasteiger partial charge in [-0.2, -0.15) is 4.98 Å². The average Bonchev–Trinajstić information content (AvgIpc) is 3.21. The predicted molar refractivity (Wildman–Crippen MR) is 86.4 cm³/mol. The molecular formula is C18H21N3O2. The number of furan rings is 1. The van der Waals surface area contributed by atoms with Crippen molar-refractivity contribution in [1.82, 2.24) is 15.0 Å². The number of aryl methyl sites for hydroxylation is 1. The number of rotatable bonds is 8. The number of benzene rings is 1. The Bertz CT molecular complexity index is 692. The summed E-state index contributed by atoms with van der Waals surface area (Å²) < 4.78 is 10.8. The van der Waals surface area contributed by atoms with Crippen LogP contribution in [0, 0.1) is 0 Å². The summed E-state index contributed by atoms with van der Waals surface area (Å²) in [5.41, 5.74) is 1.25. The Morgan fingerprint density at radius 3 is 2.61 bits per heavy atom. The van der Waals surface area contributed by atoms with E-state index in [2.05, 4.69) is 34.1 Å². The van der Waals surface area contributed by atoms with Crippen molar-refractivity contribution in [3.05, 3.63) is 71.8 Å². The van der Waals surface area contributed by atoms with Crippen molar-refractivity contribution in [2.75, 3.05) is 0 Å². The zero-order valence-corrected chi connectivity index (χ0v) is 13.3. The molecule has 3 rings (SSSR count). The van der Waals surface area contributed by atoms with Crippen molar-refractivity contribution >= 4 is 0 Å². The highest BCUT2D eigenvalue weighted by atomic mass is 16.5. The standard InChI is InChI=1S/C18H21N3O2/c1-2-7-18-19-17(20-23-18)14-21(13-16-10-6-11-22-16)12-15-8-4-3-5-9-15/h3-6,8-11H,2,7,12-14H2,1H3. The fourth-order valence-corrected chi connectivity index (χ4v) is 2.50. The van der Waals surface area contributed by atoms with Gasteiger partial charge in [0, 0.05) is 13.0 Å². The molecule has 0 aliphatic heterocycles. The molecule has 0 spiro atoms. The summed E-state index contributed by atoms with van der Waals surface area (Å²) in [6.45, 7) is 4.24. The lowest BCUT2D eigenvalue weighted by atomic mass is 10.2. The molecule has 0 aliphatic carbocycles. The first kappa shape index (κ1) is 15.5. The van der Waals surface area contributed by atoms with E-state index in [9.17, 15) is 0 Å². The van der Waals surface area contributed by atoms with Gasteiger partial charge in [0.1, 0.15) is 5.76 Å². The van der Waals surface area contributed by atoms with Crippen molar-refractivity contribution < 1.29 is 8.94 Å². The monoisotopic (exact) mass is 311 g/mol. The second-order valence-corrected chi connectivity index (χ2v) is 5.56. The Kier molecular flexibility index (Phi) is 5.21. The van der Waals surface area contributed by atoms with Gasteiger partial charge in [-0.1, -0.05) is 42.4 Å². The van der Waals surface area contributed by atoms with Crippen molar-refractivity contribution in [1.29, 1.82) is 0 Å². The third-order valence-corrected chi connectivity index (χ3v) is 3.55. The van der Waals surface area contributed by atoms with E-state index in [0.717, 1.165) is 31.0 Å². The molecule has 3 aromatic rings. The van der Waals surface area contributed by atoms with E-state index in [1.807, 2.05) is 30.3 Å². The first-order valence-electron chi connectivity index (χ1n) is 7.93. The van der Waals surface area contributed by atoms with Gasteiger partial charge in [-0.25, -0.2) is 0 Å². The summed E-state index contributed by atoms with van der Waals surface area (Å²) in [7, 11) is 0. The normalized spacial score (nSPS) is 11.2. The maximum Gasteiger partial charge on any atom is 0.226 e. The van der Waals surface area contributed by atoms with Crippen LogP contribution in [0.3, 0.4) is 0 Å². The second-order valence-electron chi connectivity index (χ2n) is 5.56. The van der Waals surface area contributed by atoms with Gasteiger partial charge in [-0.15, -0.1) is 0 Å². The summed E-state index contributed by atoms with van der Waals surface area (Å²) >= 11 is 0. The number of aromatic nitrogens is 2. The topological polar surface area (TPSA) is 55.3 Å². The molecule has 0 N–H and O–H groups in total. The summed E-state index contributed by atoms with van der Waals surface area (Å²) in [6, 6.07) is 14.3. The summed E-state index contributed by atoms with van der Waals surface area (Å²) in [5, 5.41) is 4.09. The molecule has 0 saturated heterocycles. The largest absolute Gasteiger partial charge is 0.468 e. The minimum atomic E-state index is 0.628. The van der Waals surface area contributed by atoms with Crippen LogP contribution in [0.1, 0.15) is 36.4 Å². The number of hydrogen-bond donors (Lipinski definition) is 0. The summed E-state index contributed by atoms with van der Waals surface area (Å²) in [5.74, 6) is 2.36. The van der Waals surface area contributed by atoms with Crippen LogP contribution in [0.2, 0.25) is 0 Å². The van der Waals surface area contributed by atoms with Crippen molar-refractivity contribution in [2.45, 2.75) is 39.4 Å². The predicted octanol–water partition coefficient (Wildman–Crippen LogP) is 3.82. The van der Waals surface area contributed by atoms with E-state index in [1.165, 1.54) is 5.56 Å². The molecule has 0 atom stereocenters. The summed E-state index contributed by atoms with van der Waals surface area (Å²) in [6.07, 6.45) is 3.52. The van der Waals surface area contributed by atoms with Crippen LogP contribution in [0.15, 0.2) is 57.7 Å². The zero-order valence-electron chi connectivity index (χ0n) is 13.3. The van der Waals surface area contributed by atoms with E-state index >= 15 is 0 Å². The lowest BCUT2D eigenvalue weighted by Gasteiger charge is -2.19. The minimum absolute atomic E-state index is 0.628. The number of nitrogens with zero attached hydrogens (tertiary/aromatic N) is 3. The van der Waals surface area contributed by atoms with Crippen LogP contribution in [0.5, 0.6) is 0 Å². The number of hydrogen-bond acceptors (Lipinski definition) is 5.